The number of amides is 2. The van der Waals surface area contributed by atoms with Crippen molar-refractivity contribution in [1.82, 2.24) is 5.32 Å². The average Bonchev–Trinajstić information content (AvgIpc) is 2.43. The SMILES string of the molecule is CCCNC(=O)c1ccc(NC(=O)[C@@H](N)C(C)C)cc1Cl. The molecule has 1 aromatic carbocycles. The second-order valence-electron chi connectivity index (χ2n) is 5.21. The number of hydrogen-bond acceptors (Lipinski definition) is 3. The van der Waals surface area contributed by atoms with Gasteiger partial charge in [-0.25, -0.2) is 0 Å². The van der Waals surface area contributed by atoms with E-state index in [0.717, 1.165) is 6.42 Å². The lowest BCUT2D eigenvalue weighted by molar-refractivity contribution is -0.118. The molecule has 0 saturated heterocycles. The van der Waals surface area contributed by atoms with Gasteiger partial charge in [-0.05, 0) is 30.5 Å². The zero-order valence-electron chi connectivity index (χ0n) is 12.6. The van der Waals surface area contributed by atoms with E-state index in [9.17, 15) is 9.59 Å². The van der Waals surface area contributed by atoms with E-state index < -0.39 is 6.04 Å². The molecule has 0 aliphatic heterocycles. The largest absolute Gasteiger partial charge is 0.352 e. The van der Waals surface area contributed by atoms with E-state index >= 15 is 0 Å². The maximum absolute atomic E-state index is 11.9. The third kappa shape index (κ3) is 5.02. The van der Waals surface area contributed by atoms with Crippen molar-refractivity contribution >= 4 is 29.1 Å². The summed E-state index contributed by atoms with van der Waals surface area (Å²) >= 11 is 6.09. The van der Waals surface area contributed by atoms with Gasteiger partial charge in [-0.15, -0.1) is 0 Å². The minimum atomic E-state index is -0.587. The van der Waals surface area contributed by atoms with Gasteiger partial charge in [0.25, 0.3) is 5.91 Å². The molecule has 0 aliphatic rings. The highest BCUT2D eigenvalue weighted by Gasteiger charge is 2.18. The molecule has 0 fully saturated rings. The number of carbonyl (C=O) groups is 2. The molecule has 0 bridgehead atoms. The second kappa shape index (κ2) is 8.00. The Hall–Kier alpha value is -1.59. The van der Waals surface area contributed by atoms with Gasteiger partial charge in [0.1, 0.15) is 0 Å². The zero-order valence-corrected chi connectivity index (χ0v) is 13.3. The van der Waals surface area contributed by atoms with E-state index in [1.807, 2.05) is 20.8 Å². The van der Waals surface area contributed by atoms with Crippen LogP contribution in [-0.2, 0) is 4.79 Å². The van der Waals surface area contributed by atoms with Crippen molar-refractivity contribution in [2.75, 3.05) is 11.9 Å². The first-order chi connectivity index (χ1) is 9.86. The maximum Gasteiger partial charge on any atom is 0.252 e. The number of rotatable bonds is 6. The zero-order chi connectivity index (χ0) is 16.0. The molecule has 2 amide bonds. The third-order valence-corrected chi connectivity index (χ3v) is 3.35. The van der Waals surface area contributed by atoms with E-state index in [1.54, 1.807) is 18.2 Å². The summed E-state index contributed by atoms with van der Waals surface area (Å²) in [5.74, 6) is -0.456. The minimum absolute atomic E-state index is 0.0413. The summed E-state index contributed by atoms with van der Waals surface area (Å²) in [6, 6.07) is 4.19. The number of halogens is 1. The van der Waals surface area contributed by atoms with Gasteiger partial charge in [0.2, 0.25) is 5.91 Å². The Morgan fingerprint density at radius 3 is 2.52 bits per heavy atom. The monoisotopic (exact) mass is 311 g/mol. The predicted molar refractivity (Wildman–Crippen MR) is 85.5 cm³/mol. The van der Waals surface area contributed by atoms with Gasteiger partial charge in [-0.3, -0.25) is 9.59 Å². The minimum Gasteiger partial charge on any atom is -0.352 e. The molecule has 0 saturated carbocycles. The number of nitrogens with two attached hydrogens (primary N) is 1. The molecule has 4 N–H and O–H groups in total. The molecule has 0 heterocycles. The predicted octanol–water partition coefficient (Wildman–Crippen LogP) is 2.40. The van der Waals surface area contributed by atoms with Crippen LogP contribution < -0.4 is 16.4 Å². The Bertz CT molecular complexity index is 518. The van der Waals surface area contributed by atoms with E-state index in [0.29, 0.717) is 22.8 Å². The third-order valence-electron chi connectivity index (χ3n) is 3.04. The van der Waals surface area contributed by atoms with Crippen LogP contribution in [-0.4, -0.2) is 24.4 Å². The highest BCUT2D eigenvalue weighted by atomic mass is 35.5. The van der Waals surface area contributed by atoms with Gasteiger partial charge >= 0.3 is 0 Å². The molecule has 6 heteroatoms. The van der Waals surface area contributed by atoms with E-state index in [1.165, 1.54) is 0 Å². The lowest BCUT2D eigenvalue weighted by atomic mass is 10.0. The highest BCUT2D eigenvalue weighted by molar-refractivity contribution is 6.34. The molecule has 0 unspecified atom stereocenters. The van der Waals surface area contributed by atoms with Crippen LogP contribution in [0.2, 0.25) is 5.02 Å². The summed E-state index contributed by atoms with van der Waals surface area (Å²) in [6.45, 7) is 6.31. The number of carbonyl (C=O) groups excluding carboxylic acids is 2. The molecule has 0 aliphatic carbocycles. The van der Waals surface area contributed by atoms with E-state index in [2.05, 4.69) is 10.6 Å². The molecule has 0 spiro atoms. The lowest BCUT2D eigenvalue weighted by Gasteiger charge is -2.15. The quantitative estimate of drug-likeness (QED) is 0.754. The number of hydrogen-bond donors (Lipinski definition) is 3. The van der Waals surface area contributed by atoms with E-state index in [4.69, 9.17) is 17.3 Å². The van der Waals surface area contributed by atoms with Gasteiger partial charge in [0.15, 0.2) is 0 Å². The van der Waals surface area contributed by atoms with Gasteiger partial charge in [-0.2, -0.15) is 0 Å². The molecular weight excluding hydrogens is 290 g/mol. The van der Waals surface area contributed by atoms with Crippen molar-refractivity contribution in [1.29, 1.82) is 0 Å². The highest BCUT2D eigenvalue weighted by Crippen LogP contribution is 2.21. The van der Waals surface area contributed by atoms with Gasteiger partial charge in [0, 0.05) is 12.2 Å². The molecule has 0 radical (unpaired) electrons. The fraction of sp³-hybridized carbons (Fsp3) is 0.467. The van der Waals surface area contributed by atoms with Crippen LogP contribution in [0.25, 0.3) is 0 Å². The standard InChI is InChI=1S/C15H22ClN3O2/c1-4-7-18-14(20)11-6-5-10(8-12(11)16)19-15(21)13(17)9(2)3/h5-6,8-9,13H,4,7,17H2,1-3H3,(H,18,20)(H,19,21)/t13-/m0/s1. The van der Waals surface area contributed by atoms with Crippen LogP contribution in [0.15, 0.2) is 18.2 Å². The van der Waals surface area contributed by atoms with Crippen LogP contribution in [0.1, 0.15) is 37.6 Å². The summed E-state index contributed by atoms with van der Waals surface area (Å²) in [6.07, 6.45) is 0.852. The Balaban J connectivity index is 2.78. The first kappa shape index (κ1) is 17.5. The normalized spacial score (nSPS) is 12.1. The fourth-order valence-electron chi connectivity index (χ4n) is 1.64. The summed E-state index contributed by atoms with van der Waals surface area (Å²) in [7, 11) is 0. The number of benzene rings is 1. The van der Waals surface area contributed by atoms with Crippen LogP contribution in [0, 0.1) is 5.92 Å². The van der Waals surface area contributed by atoms with Crippen molar-refractivity contribution < 1.29 is 9.59 Å². The van der Waals surface area contributed by atoms with Gasteiger partial charge in [-0.1, -0.05) is 32.4 Å². The molecule has 1 atom stereocenters. The summed E-state index contributed by atoms with van der Waals surface area (Å²) in [4.78, 5) is 23.7. The van der Waals surface area contributed by atoms with Crippen LogP contribution in [0.5, 0.6) is 0 Å². The first-order valence-electron chi connectivity index (χ1n) is 7.01. The maximum atomic E-state index is 11.9. The lowest BCUT2D eigenvalue weighted by Crippen LogP contribution is -2.39. The fourth-order valence-corrected chi connectivity index (χ4v) is 1.91. The van der Waals surface area contributed by atoms with Crippen molar-refractivity contribution in [3.05, 3.63) is 28.8 Å². The molecular formula is C15H22ClN3O2. The van der Waals surface area contributed by atoms with Gasteiger partial charge in [0.05, 0.1) is 16.6 Å². The molecule has 1 aromatic rings. The Morgan fingerprint density at radius 1 is 1.33 bits per heavy atom. The molecule has 116 valence electrons. The Kier molecular flexibility index (Phi) is 6.65. The average molecular weight is 312 g/mol. The smallest absolute Gasteiger partial charge is 0.252 e. The first-order valence-corrected chi connectivity index (χ1v) is 7.38. The van der Waals surface area contributed by atoms with Crippen LogP contribution >= 0.6 is 11.6 Å². The van der Waals surface area contributed by atoms with E-state index in [-0.39, 0.29) is 17.7 Å². The molecule has 21 heavy (non-hydrogen) atoms. The van der Waals surface area contributed by atoms with Crippen molar-refractivity contribution in [3.63, 3.8) is 0 Å². The second-order valence-corrected chi connectivity index (χ2v) is 5.62. The molecule has 5 nitrogen and oxygen atoms in total. The molecule has 1 rings (SSSR count). The Morgan fingerprint density at radius 2 is 2.00 bits per heavy atom. The summed E-state index contributed by atoms with van der Waals surface area (Å²) in [5.41, 5.74) is 6.68. The van der Waals surface area contributed by atoms with Crippen molar-refractivity contribution in [2.24, 2.45) is 11.7 Å². The topological polar surface area (TPSA) is 84.2 Å². The summed E-state index contributed by atoms with van der Waals surface area (Å²) < 4.78 is 0. The number of anilines is 1. The number of nitrogens with one attached hydrogen (secondary N) is 2. The van der Waals surface area contributed by atoms with Gasteiger partial charge < -0.3 is 16.4 Å². The van der Waals surface area contributed by atoms with Crippen molar-refractivity contribution in [2.45, 2.75) is 33.2 Å². The van der Waals surface area contributed by atoms with Crippen LogP contribution in [0.3, 0.4) is 0 Å². The summed E-state index contributed by atoms with van der Waals surface area (Å²) in [5, 5.41) is 5.74. The van der Waals surface area contributed by atoms with Crippen molar-refractivity contribution in [3.8, 4) is 0 Å². The Labute approximate surface area is 130 Å². The molecule has 0 aromatic heterocycles. The van der Waals surface area contributed by atoms with Crippen LogP contribution in [0.4, 0.5) is 5.69 Å².